The zero-order valence-corrected chi connectivity index (χ0v) is 13.2. The van der Waals surface area contributed by atoms with Gasteiger partial charge in [0, 0.05) is 21.5 Å². The highest BCUT2D eigenvalue weighted by atomic mass is 35.5. The number of rotatable bonds is 4. The van der Waals surface area contributed by atoms with E-state index in [0.29, 0.717) is 35.4 Å². The zero-order chi connectivity index (χ0) is 15.6. The smallest absolute Gasteiger partial charge is 0.215 e. The minimum Gasteiger partial charge on any atom is -0.396 e. The molecule has 3 rings (SSSR count). The Morgan fingerprint density at radius 1 is 1.23 bits per heavy atom. The second-order valence-electron chi connectivity index (χ2n) is 5.17. The van der Waals surface area contributed by atoms with E-state index in [9.17, 15) is 5.11 Å². The molecule has 6 nitrogen and oxygen atoms in total. The van der Waals surface area contributed by atoms with Crippen LogP contribution in [0.25, 0.3) is 0 Å². The van der Waals surface area contributed by atoms with E-state index in [1.165, 1.54) is 6.33 Å². The van der Waals surface area contributed by atoms with Crippen molar-refractivity contribution in [1.82, 2.24) is 14.8 Å². The molecule has 0 radical (unpaired) electrons. The number of hydrogen-bond donors (Lipinski definition) is 1. The maximum absolute atomic E-state index is 9.25. The molecule has 2 heterocycles. The van der Waals surface area contributed by atoms with Crippen LogP contribution in [0.5, 0.6) is 0 Å². The van der Waals surface area contributed by atoms with Gasteiger partial charge in [-0.1, -0.05) is 23.2 Å². The predicted molar refractivity (Wildman–Crippen MR) is 80.6 cm³/mol. The summed E-state index contributed by atoms with van der Waals surface area (Å²) in [5, 5.41) is 14.3. The summed E-state index contributed by atoms with van der Waals surface area (Å²) in [5.74, 6) is -1.12. The number of aliphatic hydroxyl groups is 1. The second kappa shape index (κ2) is 6.52. The first-order valence-electron chi connectivity index (χ1n) is 6.79. The molecule has 1 aromatic heterocycles. The predicted octanol–water partition coefficient (Wildman–Crippen LogP) is 2.09. The minimum atomic E-state index is -1.06. The van der Waals surface area contributed by atoms with Crippen LogP contribution >= 0.6 is 23.2 Å². The molecule has 0 amide bonds. The van der Waals surface area contributed by atoms with Crippen LogP contribution in [0.2, 0.25) is 10.0 Å². The van der Waals surface area contributed by atoms with Gasteiger partial charge in [0.05, 0.1) is 19.8 Å². The molecule has 1 aromatic carbocycles. The molecule has 0 spiro atoms. The first-order chi connectivity index (χ1) is 10.6. The van der Waals surface area contributed by atoms with Crippen LogP contribution < -0.4 is 0 Å². The molecular weight excluding hydrogens is 329 g/mol. The van der Waals surface area contributed by atoms with E-state index in [-0.39, 0.29) is 12.5 Å². The Bertz CT molecular complexity index is 608. The fraction of sp³-hybridized carbons (Fsp3) is 0.429. The Kier molecular flexibility index (Phi) is 4.65. The van der Waals surface area contributed by atoms with Crippen LogP contribution in [0, 0.1) is 5.92 Å². The van der Waals surface area contributed by atoms with Crippen LogP contribution in [-0.4, -0.2) is 39.7 Å². The zero-order valence-electron chi connectivity index (χ0n) is 11.7. The molecule has 1 aliphatic heterocycles. The lowest BCUT2D eigenvalue weighted by Crippen LogP contribution is -2.46. The van der Waals surface area contributed by atoms with Gasteiger partial charge in [0.1, 0.15) is 19.2 Å². The molecule has 0 aliphatic carbocycles. The summed E-state index contributed by atoms with van der Waals surface area (Å²) in [7, 11) is 0. The van der Waals surface area contributed by atoms with E-state index in [1.807, 2.05) is 0 Å². The lowest BCUT2D eigenvalue weighted by molar-refractivity contribution is -0.302. The van der Waals surface area contributed by atoms with Gasteiger partial charge in [0.25, 0.3) is 0 Å². The van der Waals surface area contributed by atoms with Gasteiger partial charge in [0.2, 0.25) is 5.79 Å². The summed E-state index contributed by atoms with van der Waals surface area (Å²) in [6.45, 7) is 1.06. The molecule has 0 saturated carbocycles. The van der Waals surface area contributed by atoms with E-state index in [2.05, 4.69) is 10.1 Å². The van der Waals surface area contributed by atoms with Crippen LogP contribution in [0.3, 0.4) is 0 Å². The highest BCUT2D eigenvalue weighted by Crippen LogP contribution is 2.36. The number of aromatic nitrogens is 3. The third-order valence-corrected chi connectivity index (χ3v) is 3.94. The van der Waals surface area contributed by atoms with Gasteiger partial charge < -0.3 is 14.6 Å². The summed E-state index contributed by atoms with van der Waals surface area (Å²) in [6.07, 6.45) is 3.02. The standard InChI is InChI=1S/C14H15Cl2N3O3/c15-12-1-11(2-13(16)3-12)14(7-19-9-17-8-18-19)21-5-10(4-20)6-22-14/h1-3,8-10,20H,4-7H2/t10-,14-. The molecule has 2 aromatic rings. The quantitative estimate of drug-likeness (QED) is 0.920. The number of benzene rings is 1. The topological polar surface area (TPSA) is 69.4 Å². The molecule has 0 bridgehead atoms. The van der Waals surface area contributed by atoms with E-state index >= 15 is 0 Å². The van der Waals surface area contributed by atoms with Crippen molar-refractivity contribution in [2.75, 3.05) is 19.8 Å². The molecule has 22 heavy (non-hydrogen) atoms. The molecule has 0 atom stereocenters. The third-order valence-electron chi connectivity index (χ3n) is 3.50. The normalized spacial score (nSPS) is 25.3. The molecule has 118 valence electrons. The summed E-state index contributed by atoms with van der Waals surface area (Å²) < 4.78 is 13.5. The number of halogens is 2. The highest BCUT2D eigenvalue weighted by molar-refractivity contribution is 6.34. The van der Waals surface area contributed by atoms with Gasteiger partial charge in [0.15, 0.2) is 0 Å². The highest BCUT2D eigenvalue weighted by Gasteiger charge is 2.40. The maximum atomic E-state index is 9.25. The lowest BCUT2D eigenvalue weighted by atomic mass is 10.0. The Hall–Kier alpha value is -1.18. The van der Waals surface area contributed by atoms with Crippen LogP contribution in [0.15, 0.2) is 30.9 Å². The molecule has 0 unspecified atom stereocenters. The number of aliphatic hydroxyl groups excluding tert-OH is 1. The number of ether oxygens (including phenoxy) is 2. The van der Waals surface area contributed by atoms with Crippen molar-refractivity contribution >= 4 is 23.2 Å². The van der Waals surface area contributed by atoms with Gasteiger partial charge in [-0.2, -0.15) is 5.10 Å². The maximum Gasteiger partial charge on any atom is 0.215 e. The second-order valence-corrected chi connectivity index (χ2v) is 6.05. The summed E-state index contributed by atoms with van der Waals surface area (Å²) in [5.41, 5.74) is 0.705. The average molecular weight is 344 g/mol. The molecule has 1 fully saturated rings. The molecule has 1 saturated heterocycles. The number of nitrogens with zero attached hydrogens (tertiary/aromatic N) is 3. The van der Waals surface area contributed by atoms with Crippen molar-refractivity contribution in [1.29, 1.82) is 0 Å². The molecule has 8 heteroatoms. The van der Waals surface area contributed by atoms with E-state index in [1.54, 1.807) is 29.2 Å². The van der Waals surface area contributed by atoms with Crippen molar-refractivity contribution < 1.29 is 14.6 Å². The Morgan fingerprint density at radius 3 is 2.45 bits per heavy atom. The molecular formula is C14H15Cl2N3O3. The van der Waals surface area contributed by atoms with Crippen molar-refractivity contribution in [2.45, 2.75) is 12.3 Å². The Morgan fingerprint density at radius 2 is 1.91 bits per heavy atom. The summed E-state index contributed by atoms with van der Waals surface area (Å²) >= 11 is 12.2. The van der Waals surface area contributed by atoms with Gasteiger partial charge in [-0.05, 0) is 18.2 Å². The first-order valence-corrected chi connectivity index (χ1v) is 7.55. The summed E-state index contributed by atoms with van der Waals surface area (Å²) in [6, 6.07) is 5.16. The van der Waals surface area contributed by atoms with Crippen LogP contribution in [0.1, 0.15) is 5.56 Å². The van der Waals surface area contributed by atoms with E-state index < -0.39 is 5.79 Å². The largest absolute Gasteiger partial charge is 0.396 e. The van der Waals surface area contributed by atoms with Crippen molar-refractivity contribution in [3.8, 4) is 0 Å². The molecule has 1 aliphatic rings. The average Bonchev–Trinajstić information content (AvgIpc) is 3.00. The Labute approximate surface area is 137 Å². The lowest BCUT2D eigenvalue weighted by Gasteiger charge is -2.40. The molecule has 1 N–H and O–H groups in total. The minimum absolute atomic E-state index is 0.00963. The van der Waals surface area contributed by atoms with Crippen molar-refractivity contribution in [3.63, 3.8) is 0 Å². The SMILES string of the molecule is OC[C@H]1CO[C@](Cn2cncn2)(c2cc(Cl)cc(Cl)c2)OC1. The van der Waals surface area contributed by atoms with Crippen LogP contribution in [0.4, 0.5) is 0 Å². The third kappa shape index (κ3) is 3.26. The fourth-order valence-electron chi connectivity index (χ4n) is 2.35. The van der Waals surface area contributed by atoms with Crippen LogP contribution in [-0.2, 0) is 21.8 Å². The van der Waals surface area contributed by atoms with Crippen molar-refractivity contribution in [3.05, 3.63) is 46.5 Å². The van der Waals surface area contributed by atoms with E-state index in [4.69, 9.17) is 32.7 Å². The van der Waals surface area contributed by atoms with Gasteiger partial charge >= 0.3 is 0 Å². The number of hydrogen-bond acceptors (Lipinski definition) is 5. The first kappa shape index (κ1) is 15.7. The van der Waals surface area contributed by atoms with E-state index in [0.717, 1.165) is 0 Å². The van der Waals surface area contributed by atoms with Gasteiger partial charge in [-0.25, -0.2) is 9.67 Å². The fourth-order valence-corrected chi connectivity index (χ4v) is 2.88. The van der Waals surface area contributed by atoms with Crippen molar-refractivity contribution in [2.24, 2.45) is 5.92 Å². The monoisotopic (exact) mass is 343 g/mol. The summed E-state index contributed by atoms with van der Waals surface area (Å²) in [4.78, 5) is 3.93. The Balaban J connectivity index is 1.95. The van der Waals surface area contributed by atoms with Gasteiger partial charge in [-0.3, -0.25) is 0 Å². The van der Waals surface area contributed by atoms with Gasteiger partial charge in [-0.15, -0.1) is 0 Å².